The van der Waals surface area contributed by atoms with Crippen molar-refractivity contribution in [3.05, 3.63) is 34.6 Å². The zero-order valence-corrected chi connectivity index (χ0v) is 17.7. The molecule has 0 bridgehead atoms. The largest absolute Gasteiger partial charge is 0.357 e. The van der Waals surface area contributed by atoms with Gasteiger partial charge in [-0.05, 0) is 28.9 Å². The lowest BCUT2D eigenvalue weighted by Gasteiger charge is -2.22. The first-order valence-corrected chi connectivity index (χ1v) is 7.93. The molecule has 0 aliphatic carbocycles. The quantitative estimate of drug-likeness (QED) is 0.392. The number of rotatable bonds is 5. The molecule has 0 spiro atoms. The first-order valence-electron chi connectivity index (χ1n) is 7.14. The smallest absolute Gasteiger partial charge is 0.194 e. The maximum atomic E-state index is 4.64. The zero-order valence-electron chi connectivity index (χ0n) is 13.8. The fourth-order valence-electron chi connectivity index (χ4n) is 2.12. The maximum Gasteiger partial charge on any atom is 0.194 e. The van der Waals surface area contributed by atoms with Crippen LogP contribution in [0.4, 0.5) is 0 Å². The lowest BCUT2D eigenvalue weighted by atomic mass is 10.4. The number of aliphatic imine (C=N–C) groups is 1. The predicted molar refractivity (Wildman–Crippen MR) is 106 cm³/mol. The van der Waals surface area contributed by atoms with Crippen molar-refractivity contribution in [3.8, 4) is 0 Å². The topological polar surface area (TPSA) is 63.3 Å². The molecule has 0 unspecified atom stereocenters. The van der Waals surface area contributed by atoms with Crippen molar-refractivity contribution >= 4 is 45.9 Å². The summed E-state index contributed by atoms with van der Waals surface area (Å²) in [6.45, 7) is 4.15. The number of guanidine groups is 1. The van der Waals surface area contributed by atoms with Gasteiger partial charge in [0.25, 0.3) is 0 Å². The molecule has 0 aliphatic heterocycles. The van der Waals surface area contributed by atoms with Crippen molar-refractivity contribution in [1.82, 2.24) is 29.5 Å². The molecule has 23 heavy (non-hydrogen) atoms. The van der Waals surface area contributed by atoms with Gasteiger partial charge < -0.3 is 14.8 Å². The molecule has 0 saturated carbocycles. The number of nitrogens with one attached hydrogen (secondary N) is 1. The summed E-state index contributed by atoms with van der Waals surface area (Å²) in [7, 11) is 5.94. The van der Waals surface area contributed by atoms with Gasteiger partial charge in [-0.2, -0.15) is 5.10 Å². The standard InChI is InChI=1S/C14H22BrN7.HI/c1-5-16-14(17-7-13-18-10-19-22(13)4)21(3)9-12-6-11(15)8-20(12)2;/h6,8,10H,5,7,9H2,1-4H3,(H,16,17);1H. The van der Waals surface area contributed by atoms with E-state index in [9.17, 15) is 0 Å². The van der Waals surface area contributed by atoms with Crippen LogP contribution in [0.2, 0.25) is 0 Å². The number of halogens is 2. The van der Waals surface area contributed by atoms with E-state index in [0.29, 0.717) is 6.54 Å². The Bertz CT molecular complexity index is 649. The monoisotopic (exact) mass is 495 g/mol. The molecular formula is C14H23BrIN7. The Labute approximate surface area is 162 Å². The molecule has 7 nitrogen and oxygen atoms in total. The summed E-state index contributed by atoms with van der Waals surface area (Å²) in [4.78, 5) is 10.9. The predicted octanol–water partition coefficient (Wildman–Crippen LogP) is 2.13. The van der Waals surface area contributed by atoms with Gasteiger partial charge in [-0.1, -0.05) is 0 Å². The fraction of sp³-hybridized carbons (Fsp3) is 0.500. The van der Waals surface area contributed by atoms with E-state index >= 15 is 0 Å². The van der Waals surface area contributed by atoms with E-state index in [-0.39, 0.29) is 24.0 Å². The summed E-state index contributed by atoms with van der Waals surface area (Å²) in [5.74, 6) is 1.69. The molecule has 0 aliphatic rings. The van der Waals surface area contributed by atoms with Gasteiger partial charge in [-0.15, -0.1) is 24.0 Å². The first-order chi connectivity index (χ1) is 10.5. The van der Waals surface area contributed by atoms with Crippen LogP contribution in [0.25, 0.3) is 0 Å². The molecule has 2 aromatic rings. The molecule has 0 amide bonds. The molecule has 128 valence electrons. The van der Waals surface area contributed by atoms with Crippen molar-refractivity contribution in [3.63, 3.8) is 0 Å². The normalized spacial score (nSPS) is 11.3. The summed E-state index contributed by atoms with van der Waals surface area (Å²) in [6.07, 6.45) is 3.59. The van der Waals surface area contributed by atoms with E-state index in [4.69, 9.17) is 0 Å². The van der Waals surface area contributed by atoms with Crippen LogP contribution in [0.15, 0.2) is 28.1 Å². The Balaban J connectivity index is 0.00000264. The van der Waals surface area contributed by atoms with Crippen molar-refractivity contribution in [2.24, 2.45) is 19.1 Å². The maximum absolute atomic E-state index is 4.64. The van der Waals surface area contributed by atoms with Crippen LogP contribution in [0.3, 0.4) is 0 Å². The lowest BCUT2D eigenvalue weighted by molar-refractivity contribution is 0.461. The molecule has 0 aromatic carbocycles. The van der Waals surface area contributed by atoms with Gasteiger partial charge in [-0.3, -0.25) is 4.68 Å². The summed E-state index contributed by atoms with van der Waals surface area (Å²) >= 11 is 3.50. The second-order valence-electron chi connectivity index (χ2n) is 5.09. The highest BCUT2D eigenvalue weighted by atomic mass is 127. The van der Waals surface area contributed by atoms with Gasteiger partial charge in [0.05, 0.1) is 6.54 Å². The first kappa shape index (κ1) is 19.9. The Morgan fingerprint density at radius 3 is 2.70 bits per heavy atom. The summed E-state index contributed by atoms with van der Waals surface area (Å²) in [6, 6.07) is 2.11. The highest BCUT2D eigenvalue weighted by Gasteiger charge is 2.10. The molecular weight excluding hydrogens is 473 g/mol. The van der Waals surface area contributed by atoms with Gasteiger partial charge in [0.2, 0.25) is 0 Å². The van der Waals surface area contributed by atoms with Crippen LogP contribution >= 0.6 is 39.9 Å². The minimum atomic E-state index is 0. The average molecular weight is 496 g/mol. The number of hydrogen-bond donors (Lipinski definition) is 1. The highest BCUT2D eigenvalue weighted by Crippen LogP contribution is 2.15. The number of nitrogens with zero attached hydrogens (tertiary/aromatic N) is 6. The minimum Gasteiger partial charge on any atom is -0.357 e. The molecule has 0 saturated heterocycles. The summed E-state index contributed by atoms with van der Waals surface area (Å²) in [5, 5.41) is 7.37. The molecule has 9 heteroatoms. The highest BCUT2D eigenvalue weighted by molar-refractivity contribution is 14.0. The number of aryl methyl sites for hydroxylation is 2. The Kier molecular flexibility index (Phi) is 8.03. The summed E-state index contributed by atoms with van der Waals surface area (Å²) < 4.78 is 4.92. The molecule has 0 radical (unpaired) electrons. The van der Waals surface area contributed by atoms with E-state index in [1.807, 2.05) is 27.3 Å². The second-order valence-corrected chi connectivity index (χ2v) is 6.00. The average Bonchev–Trinajstić information content (AvgIpc) is 3.00. The number of hydrogen-bond acceptors (Lipinski definition) is 3. The van der Waals surface area contributed by atoms with Crippen LogP contribution < -0.4 is 5.32 Å². The van der Waals surface area contributed by atoms with E-state index < -0.39 is 0 Å². The third kappa shape index (κ3) is 5.48. The van der Waals surface area contributed by atoms with Crippen LogP contribution in [-0.4, -0.2) is 43.8 Å². The SMILES string of the molecule is CCNC(=NCc1ncnn1C)N(C)Cc1cc(Br)cn1C.I. The van der Waals surface area contributed by atoms with Crippen LogP contribution in [0, 0.1) is 0 Å². The Hall–Kier alpha value is -1.10. The van der Waals surface area contributed by atoms with E-state index in [1.165, 1.54) is 5.69 Å². The minimum absolute atomic E-state index is 0. The molecule has 1 N–H and O–H groups in total. The van der Waals surface area contributed by atoms with Crippen molar-refractivity contribution < 1.29 is 0 Å². The van der Waals surface area contributed by atoms with Crippen molar-refractivity contribution in [2.45, 2.75) is 20.0 Å². The zero-order chi connectivity index (χ0) is 16.1. The fourth-order valence-corrected chi connectivity index (χ4v) is 2.69. The van der Waals surface area contributed by atoms with Gasteiger partial charge in [0.1, 0.15) is 18.7 Å². The van der Waals surface area contributed by atoms with Crippen LogP contribution in [-0.2, 0) is 27.2 Å². The molecule has 2 aromatic heterocycles. The molecule has 0 atom stereocenters. The second kappa shape index (κ2) is 9.26. The van der Waals surface area contributed by atoms with E-state index in [0.717, 1.165) is 29.3 Å². The van der Waals surface area contributed by atoms with E-state index in [2.05, 4.69) is 58.8 Å². The molecule has 0 fully saturated rings. The Morgan fingerprint density at radius 1 is 1.43 bits per heavy atom. The molecule has 2 rings (SSSR count). The third-order valence-corrected chi connectivity index (χ3v) is 3.78. The lowest BCUT2D eigenvalue weighted by Crippen LogP contribution is -2.38. The molecule has 2 heterocycles. The Morgan fingerprint density at radius 2 is 2.17 bits per heavy atom. The van der Waals surface area contributed by atoms with Crippen molar-refractivity contribution in [1.29, 1.82) is 0 Å². The third-order valence-electron chi connectivity index (χ3n) is 3.35. The van der Waals surface area contributed by atoms with Gasteiger partial charge in [-0.25, -0.2) is 9.98 Å². The van der Waals surface area contributed by atoms with Gasteiger partial charge in [0.15, 0.2) is 5.96 Å². The summed E-state index contributed by atoms with van der Waals surface area (Å²) in [5.41, 5.74) is 1.21. The van der Waals surface area contributed by atoms with Gasteiger partial charge >= 0.3 is 0 Å². The van der Waals surface area contributed by atoms with Gasteiger partial charge in [0, 0.05) is 44.1 Å². The van der Waals surface area contributed by atoms with Crippen molar-refractivity contribution in [2.75, 3.05) is 13.6 Å². The van der Waals surface area contributed by atoms with Crippen LogP contribution in [0.5, 0.6) is 0 Å². The number of aromatic nitrogens is 4. The van der Waals surface area contributed by atoms with E-state index in [1.54, 1.807) is 11.0 Å². The van der Waals surface area contributed by atoms with Crippen LogP contribution in [0.1, 0.15) is 18.4 Å².